The van der Waals surface area contributed by atoms with Crippen molar-refractivity contribution in [1.29, 1.82) is 0 Å². The van der Waals surface area contributed by atoms with Crippen LogP contribution in [0.15, 0.2) is 60.8 Å². The van der Waals surface area contributed by atoms with E-state index in [0.717, 1.165) is 89.9 Å². The number of unbranched alkanes of at least 4 members (excludes halogenated alkanes) is 31. The van der Waals surface area contributed by atoms with Gasteiger partial charge in [0, 0.05) is 12.8 Å². The molecule has 2 unspecified atom stereocenters. The van der Waals surface area contributed by atoms with Crippen LogP contribution in [-0.2, 0) is 14.3 Å². The Labute approximate surface area is 397 Å². The van der Waals surface area contributed by atoms with Crippen molar-refractivity contribution < 1.29 is 24.5 Å². The zero-order valence-electron chi connectivity index (χ0n) is 42.2. The van der Waals surface area contributed by atoms with Crippen molar-refractivity contribution in [3.63, 3.8) is 0 Å². The molecule has 0 fully saturated rings. The lowest BCUT2D eigenvalue weighted by molar-refractivity contribution is -0.143. The first-order chi connectivity index (χ1) is 31.5. The molecule has 372 valence electrons. The minimum absolute atomic E-state index is 0.0213. The Bertz CT molecular complexity index is 1130. The topological polar surface area (TPSA) is 95.9 Å². The van der Waals surface area contributed by atoms with Crippen molar-refractivity contribution in [3.8, 4) is 0 Å². The van der Waals surface area contributed by atoms with Gasteiger partial charge < -0.3 is 20.3 Å². The molecule has 0 saturated carbocycles. The van der Waals surface area contributed by atoms with Gasteiger partial charge in [-0.2, -0.15) is 0 Å². The molecule has 2 atom stereocenters. The number of carbonyl (C=O) groups excluding carboxylic acids is 2. The number of nitrogens with one attached hydrogen (secondary N) is 1. The molecule has 6 heteroatoms. The van der Waals surface area contributed by atoms with Gasteiger partial charge >= 0.3 is 5.97 Å². The van der Waals surface area contributed by atoms with Crippen molar-refractivity contribution in [1.82, 2.24) is 5.32 Å². The third-order valence-electron chi connectivity index (χ3n) is 12.3. The lowest BCUT2D eigenvalue weighted by atomic mass is 10.1. The van der Waals surface area contributed by atoms with Crippen LogP contribution < -0.4 is 5.32 Å². The third-order valence-corrected chi connectivity index (χ3v) is 12.3. The van der Waals surface area contributed by atoms with E-state index in [1.165, 1.54) is 154 Å². The van der Waals surface area contributed by atoms with Gasteiger partial charge in [0.05, 0.1) is 25.4 Å². The highest BCUT2D eigenvalue weighted by Gasteiger charge is 2.18. The van der Waals surface area contributed by atoms with Gasteiger partial charge in [0.25, 0.3) is 0 Å². The maximum atomic E-state index is 12.4. The lowest BCUT2D eigenvalue weighted by Crippen LogP contribution is -2.45. The molecule has 0 aliphatic rings. The molecular weight excluding hydrogens is 791 g/mol. The Balaban J connectivity index is 3.51. The van der Waals surface area contributed by atoms with Crippen molar-refractivity contribution >= 4 is 11.9 Å². The number of aliphatic hydroxyl groups is 2. The molecule has 0 aliphatic carbocycles. The van der Waals surface area contributed by atoms with Crippen molar-refractivity contribution in [3.05, 3.63) is 60.8 Å². The standard InChI is InChI=1S/C58H105NO5/c1-3-5-7-9-11-13-15-16-17-18-19-22-25-28-32-36-40-44-48-52-58(63)64-53-49-45-41-37-33-29-26-23-20-21-24-27-31-35-39-43-47-51-57(62)59-55(54-60)56(61)50-46-42-38-34-30-14-12-10-8-6-4-2/h11,13,16-17,20,23,29,33,46,50,55-56,60-61H,3-10,12,14-15,18-19,21-22,24-28,30-32,34-45,47-49,51-54H2,1-2H3,(H,59,62)/b13-11-,17-16-,23-20-,33-29-,50-46+. The number of carbonyl (C=O) groups is 2. The van der Waals surface area contributed by atoms with Crippen LogP contribution in [0.2, 0.25) is 0 Å². The molecule has 0 aromatic rings. The Morgan fingerprint density at radius 1 is 0.438 bits per heavy atom. The summed E-state index contributed by atoms with van der Waals surface area (Å²) in [6.45, 7) is 4.81. The van der Waals surface area contributed by atoms with Crippen LogP contribution in [0.5, 0.6) is 0 Å². The highest BCUT2D eigenvalue weighted by Crippen LogP contribution is 2.15. The molecule has 0 rings (SSSR count). The SMILES string of the molecule is CCCCC/C=C\C/C=C\CCCCCCCCCCCC(=O)OCCCCC/C=C\C/C=C\CCCCCCCCCC(=O)NC(CO)C(O)/C=C/CCCCCCCCCCC. The van der Waals surface area contributed by atoms with Gasteiger partial charge in [-0.25, -0.2) is 0 Å². The molecule has 1 amide bonds. The van der Waals surface area contributed by atoms with Crippen LogP contribution in [0.1, 0.15) is 271 Å². The number of allylic oxidation sites excluding steroid dienone is 9. The molecule has 6 nitrogen and oxygen atoms in total. The van der Waals surface area contributed by atoms with Crippen LogP contribution in [-0.4, -0.2) is 47.4 Å². The molecule has 3 N–H and O–H groups in total. The normalized spacial score (nSPS) is 13.1. The summed E-state index contributed by atoms with van der Waals surface area (Å²) in [6.07, 6.45) is 68.1. The van der Waals surface area contributed by atoms with E-state index in [0.29, 0.717) is 19.4 Å². The van der Waals surface area contributed by atoms with Gasteiger partial charge in [-0.3, -0.25) is 9.59 Å². The Morgan fingerprint density at radius 3 is 1.22 bits per heavy atom. The van der Waals surface area contributed by atoms with Gasteiger partial charge in [0.2, 0.25) is 5.91 Å². The minimum atomic E-state index is -0.855. The van der Waals surface area contributed by atoms with Crippen molar-refractivity contribution in [2.45, 2.75) is 283 Å². The zero-order valence-corrected chi connectivity index (χ0v) is 42.2. The molecule has 0 aromatic carbocycles. The fourth-order valence-electron chi connectivity index (χ4n) is 7.99. The quantitative estimate of drug-likeness (QED) is 0.0321. The molecule has 0 saturated heterocycles. The number of amides is 1. The predicted octanol–water partition coefficient (Wildman–Crippen LogP) is 16.8. The van der Waals surface area contributed by atoms with E-state index in [1.54, 1.807) is 6.08 Å². The molecule has 0 bridgehead atoms. The average molecular weight is 896 g/mol. The van der Waals surface area contributed by atoms with E-state index in [2.05, 4.69) is 67.8 Å². The maximum Gasteiger partial charge on any atom is 0.305 e. The highest BCUT2D eigenvalue weighted by molar-refractivity contribution is 5.76. The maximum absolute atomic E-state index is 12.4. The van der Waals surface area contributed by atoms with Crippen molar-refractivity contribution in [2.24, 2.45) is 0 Å². The van der Waals surface area contributed by atoms with Gasteiger partial charge in [-0.15, -0.1) is 0 Å². The Kier molecular flexibility index (Phi) is 51.2. The van der Waals surface area contributed by atoms with E-state index >= 15 is 0 Å². The number of hydrogen-bond acceptors (Lipinski definition) is 5. The Morgan fingerprint density at radius 2 is 0.781 bits per heavy atom. The fourth-order valence-corrected chi connectivity index (χ4v) is 7.99. The molecule has 64 heavy (non-hydrogen) atoms. The molecular formula is C58H105NO5. The number of ether oxygens (including phenoxy) is 1. The minimum Gasteiger partial charge on any atom is -0.466 e. The highest BCUT2D eigenvalue weighted by atomic mass is 16.5. The van der Waals surface area contributed by atoms with E-state index in [9.17, 15) is 19.8 Å². The van der Waals surface area contributed by atoms with Crippen LogP contribution in [0.25, 0.3) is 0 Å². The molecule has 0 spiro atoms. The smallest absolute Gasteiger partial charge is 0.305 e. The summed E-state index contributed by atoms with van der Waals surface area (Å²) >= 11 is 0. The number of hydrogen-bond donors (Lipinski definition) is 3. The summed E-state index contributed by atoms with van der Waals surface area (Å²) in [7, 11) is 0. The van der Waals surface area contributed by atoms with E-state index < -0.39 is 12.1 Å². The van der Waals surface area contributed by atoms with Gasteiger partial charge in [0.1, 0.15) is 0 Å². The molecule has 0 heterocycles. The third kappa shape index (κ3) is 49.0. The number of esters is 1. The van der Waals surface area contributed by atoms with Gasteiger partial charge in [-0.05, 0) is 103 Å². The van der Waals surface area contributed by atoms with E-state index in [4.69, 9.17) is 4.74 Å². The number of aliphatic hydroxyl groups excluding tert-OH is 2. The predicted molar refractivity (Wildman–Crippen MR) is 278 cm³/mol. The fraction of sp³-hybridized carbons (Fsp3) is 0.793. The largest absolute Gasteiger partial charge is 0.466 e. The molecule has 0 aromatic heterocycles. The van der Waals surface area contributed by atoms with Crippen LogP contribution in [0.3, 0.4) is 0 Å². The summed E-state index contributed by atoms with van der Waals surface area (Å²) in [5, 5.41) is 23.0. The lowest BCUT2D eigenvalue weighted by Gasteiger charge is -2.20. The number of rotatable bonds is 50. The summed E-state index contributed by atoms with van der Waals surface area (Å²) in [4.78, 5) is 24.5. The first kappa shape index (κ1) is 61.6. The van der Waals surface area contributed by atoms with Gasteiger partial charge in [0.15, 0.2) is 0 Å². The van der Waals surface area contributed by atoms with Crippen LogP contribution >= 0.6 is 0 Å². The van der Waals surface area contributed by atoms with Crippen LogP contribution in [0.4, 0.5) is 0 Å². The second-order valence-electron chi connectivity index (χ2n) is 18.5. The summed E-state index contributed by atoms with van der Waals surface area (Å²) < 4.78 is 5.46. The average Bonchev–Trinajstić information content (AvgIpc) is 3.29. The summed E-state index contributed by atoms with van der Waals surface area (Å²) in [5.74, 6) is -0.108. The summed E-state index contributed by atoms with van der Waals surface area (Å²) in [6, 6.07) is -0.640. The first-order valence-electron chi connectivity index (χ1n) is 27.6. The molecule has 0 aliphatic heterocycles. The van der Waals surface area contributed by atoms with E-state index in [-0.39, 0.29) is 18.5 Å². The zero-order chi connectivity index (χ0) is 46.5. The second-order valence-corrected chi connectivity index (χ2v) is 18.5. The monoisotopic (exact) mass is 896 g/mol. The van der Waals surface area contributed by atoms with Gasteiger partial charge in [-0.1, -0.05) is 216 Å². The molecule has 0 radical (unpaired) electrons. The van der Waals surface area contributed by atoms with E-state index in [1.807, 2.05) is 6.08 Å². The van der Waals surface area contributed by atoms with Crippen molar-refractivity contribution in [2.75, 3.05) is 13.2 Å². The van der Waals surface area contributed by atoms with Crippen LogP contribution in [0, 0.1) is 0 Å². The summed E-state index contributed by atoms with van der Waals surface area (Å²) in [5.41, 5.74) is 0. The Hall–Kier alpha value is -2.44. The second kappa shape index (κ2) is 53.2. The first-order valence-corrected chi connectivity index (χ1v) is 27.6.